The molecule has 0 spiro atoms. The van der Waals surface area contributed by atoms with Crippen LogP contribution in [0.25, 0.3) is 0 Å². The van der Waals surface area contributed by atoms with Crippen molar-refractivity contribution in [1.29, 1.82) is 0 Å². The Hall–Kier alpha value is -1.08. The van der Waals surface area contributed by atoms with Crippen molar-refractivity contribution in [3.05, 3.63) is 61.5 Å². The number of halogens is 3. The van der Waals surface area contributed by atoms with Gasteiger partial charge in [0.1, 0.15) is 12.3 Å². The highest BCUT2D eigenvalue weighted by atomic mass is 79.9. The van der Waals surface area contributed by atoms with Crippen molar-refractivity contribution in [1.82, 2.24) is 5.01 Å². The van der Waals surface area contributed by atoms with Gasteiger partial charge < -0.3 is 10.0 Å². The third-order valence-corrected chi connectivity index (χ3v) is 5.55. The van der Waals surface area contributed by atoms with Gasteiger partial charge in [0.05, 0.1) is 36.9 Å². The Kier molecular flexibility index (Phi) is 6.39. The zero-order valence-corrected chi connectivity index (χ0v) is 17.5. The molecule has 0 unspecified atom stereocenters. The first-order valence-corrected chi connectivity index (χ1v) is 10.0. The Bertz CT molecular complexity index is 760. The fraction of sp³-hybridized carbons (Fsp3) is 0.278. The van der Waals surface area contributed by atoms with Crippen molar-refractivity contribution < 1.29 is 10.0 Å². The molecule has 2 aromatic rings. The Morgan fingerprint density at radius 1 is 1.16 bits per heavy atom. The van der Waals surface area contributed by atoms with Crippen LogP contribution in [0.15, 0.2) is 50.4 Å². The van der Waals surface area contributed by atoms with Crippen LogP contribution in [0.2, 0.25) is 5.02 Å². The normalized spacial score (nSPS) is 15.9. The Morgan fingerprint density at radius 2 is 1.84 bits per heavy atom. The predicted octanol–water partition coefficient (Wildman–Crippen LogP) is 3.31. The SMILES string of the molecule is Oc1c(Br)cc(Br)cc1/C=N/N1CC[NH+](Cc2ccc(Cl)cc2)CC1. The van der Waals surface area contributed by atoms with E-state index in [0.29, 0.717) is 10.0 Å². The molecule has 2 aromatic carbocycles. The van der Waals surface area contributed by atoms with Crippen molar-refractivity contribution in [2.75, 3.05) is 26.2 Å². The number of quaternary nitrogens is 1. The number of phenols is 1. The number of aromatic hydroxyl groups is 1. The second-order valence-electron chi connectivity index (χ2n) is 6.08. The van der Waals surface area contributed by atoms with Crippen molar-refractivity contribution in [3.8, 4) is 5.75 Å². The van der Waals surface area contributed by atoms with Gasteiger partial charge in [-0.25, -0.2) is 0 Å². The number of hydrazone groups is 1. The summed E-state index contributed by atoms with van der Waals surface area (Å²) in [4.78, 5) is 1.54. The summed E-state index contributed by atoms with van der Waals surface area (Å²) in [7, 11) is 0. The zero-order chi connectivity index (χ0) is 17.8. The van der Waals surface area contributed by atoms with E-state index >= 15 is 0 Å². The molecule has 132 valence electrons. The average molecular weight is 489 g/mol. The quantitative estimate of drug-likeness (QED) is 0.649. The summed E-state index contributed by atoms with van der Waals surface area (Å²) < 4.78 is 1.55. The minimum Gasteiger partial charge on any atom is -0.506 e. The molecule has 4 nitrogen and oxygen atoms in total. The van der Waals surface area contributed by atoms with Crippen LogP contribution in [-0.2, 0) is 6.54 Å². The monoisotopic (exact) mass is 486 g/mol. The van der Waals surface area contributed by atoms with E-state index < -0.39 is 0 Å². The first kappa shape index (κ1) is 18.7. The molecule has 0 radical (unpaired) electrons. The van der Waals surface area contributed by atoms with Crippen LogP contribution < -0.4 is 4.90 Å². The fourth-order valence-corrected chi connectivity index (χ4v) is 4.21. The first-order valence-electron chi connectivity index (χ1n) is 8.06. The highest BCUT2D eigenvalue weighted by molar-refractivity contribution is 9.11. The van der Waals surface area contributed by atoms with Crippen LogP contribution >= 0.6 is 43.5 Å². The van der Waals surface area contributed by atoms with Crippen LogP contribution in [0.1, 0.15) is 11.1 Å². The number of hydrogen-bond donors (Lipinski definition) is 2. The summed E-state index contributed by atoms with van der Waals surface area (Å²) >= 11 is 12.7. The number of phenolic OH excluding ortho intramolecular Hbond substituents is 1. The van der Waals surface area contributed by atoms with Crippen LogP contribution in [0.5, 0.6) is 5.75 Å². The van der Waals surface area contributed by atoms with Crippen molar-refractivity contribution in [2.45, 2.75) is 6.54 Å². The van der Waals surface area contributed by atoms with Gasteiger partial charge >= 0.3 is 0 Å². The lowest BCUT2D eigenvalue weighted by atomic mass is 10.2. The van der Waals surface area contributed by atoms with Gasteiger partial charge in [-0.05, 0) is 40.2 Å². The third-order valence-electron chi connectivity index (χ3n) is 4.23. The smallest absolute Gasteiger partial charge is 0.138 e. The molecule has 0 atom stereocenters. The van der Waals surface area contributed by atoms with Gasteiger partial charge in [-0.3, -0.25) is 5.01 Å². The minimum absolute atomic E-state index is 0.207. The number of benzene rings is 2. The van der Waals surface area contributed by atoms with Crippen molar-refractivity contribution in [3.63, 3.8) is 0 Å². The molecular formula is C18H19Br2ClN3O+. The largest absolute Gasteiger partial charge is 0.506 e. The summed E-state index contributed by atoms with van der Waals surface area (Å²) in [5, 5.41) is 17.4. The van der Waals surface area contributed by atoms with Gasteiger partial charge in [0.2, 0.25) is 0 Å². The van der Waals surface area contributed by atoms with Crippen molar-refractivity contribution >= 4 is 49.7 Å². The molecule has 0 aromatic heterocycles. The standard InChI is InChI=1S/C18H18Br2ClN3O/c19-15-9-14(18(25)17(20)10-15)11-22-24-7-5-23(6-8-24)12-13-1-3-16(21)4-2-13/h1-4,9-11,25H,5-8,12H2/p+1/b22-11+. The van der Waals surface area contributed by atoms with Crippen LogP contribution in [0.4, 0.5) is 0 Å². The Balaban J connectivity index is 1.55. The van der Waals surface area contributed by atoms with E-state index in [-0.39, 0.29) is 5.75 Å². The molecule has 0 saturated carbocycles. The molecule has 3 rings (SSSR count). The summed E-state index contributed by atoms with van der Waals surface area (Å²) in [5.74, 6) is 0.207. The molecular weight excluding hydrogens is 469 g/mol. The number of rotatable bonds is 4. The second kappa shape index (κ2) is 8.54. The maximum Gasteiger partial charge on any atom is 0.138 e. The van der Waals surface area contributed by atoms with Crippen molar-refractivity contribution in [2.24, 2.45) is 5.10 Å². The summed E-state index contributed by atoms with van der Waals surface area (Å²) in [6.45, 7) is 4.88. The van der Waals surface area contributed by atoms with Gasteiger partial charge in [0.15, 0.2) is 0 Å². The van der Waals surface area contributed by atoms with Crippen LogP contribution in [0, 0.1) is 0 Å². The zero-order valence-electron chi connectivity index (χ0n) is 13.6. The van der Waals surface area contributed by atoms with E-state index in [1.54, 1.807) is 11.1 Å². The van der Waals surface area contributed by atoms with Gasteiger partial charge in [0.25, 0.3) is 0 Å². The molecule has 25 heavy (non-hydrogen) atoms. The molecule has 0 aliphatic carbocycles. The molecule has 0 bridgehead atoms. The number of hydrogen-bond acceptors (Lipinski definition) is 3. The first-order chi connectivity index (χ1) is 12.0. The fourth-order valence-electron chi connectivity index (χ4n) is 2.82. The Morgan fingerprint density at radius 3 is 2.52 bits per heavy atom. The van der Waals surface area contributed by atoms with Gasteiger partial charge in [-0.15, -0.1) is 0 Å². The molecule has 1 fully saturated rings. The molecule has 1 aliphatic heterocycles. The van der Waals surface area contributed by atoms with Crippen LogP contribution in [0.3, 0.4) is 0 Å². The van der Waals surface area contributed by atoms with Gasteiger partial charge in [-0.1, -0.05) is 39.7 Å². The number of nitrogens with one attached hydrogen (secondary N) is 1. The highest BCUT2D eigenvalue weighted by Crippen LogP contribution is 2.30. The van der Waals surface area contributed by atoms with E-state index in [2.05, 4.69) is 54.1 Å². The van der Waals surface area contributed by atoms with E-state index in [0.717, 1.165) is 42.2 Å². The lowest BCUT2D eigenvalue weighted by Crippen LogP contribution is -3.13. The topological polar surface area (TPSA) is 40.3 Å². The van der Waals surface area contributed by atoms with E-state index in [1.165, 1.54) is 5.56 Å². The molecule has 2 N–H and O–H groups in total. The summed E-state index contributed by atoms with van der Waals surface area (Å²) in [6.07, 6.45) is 1.72. The Labute approximate surface area is 169 Å². The summed E-state index contributed by atoms with van der Waals surface area (Å²) in [5.41, 5.74) is 2.00. The maximum atomic E-state index is 10.1. The maximum absolute atomic E-state index is 10.1. The highest BCUT2D eigenvalue weighted by Gasteiger charge is 2.18. The van der Waals surface area contributed by atoms with Gasteiger partial charge in [0, 0.05) is 20.6 Å². The lowest BCUT2D eigenvalue weighted by molar-refractivity contribution is -0.918. The van der Waals surface area contributed by atoms with E-state index in [1.807, 2.05) is 24.3 Å². The number of piperazine rings is 1. The summed E-state index contributed by atoms with van der Waals surface area (Å²) in [6, 6.07) is 11.7. The average Bonchev–Trinajstić information content (AvgIpc) is 2.60. The third kappa shape index (κ3) is 5.20. The number of nitrogens with zero attached hydrogens (tertiary/aromatic N) is 2. The minimum atomic E-state index is 0.207. The van der Waals surface area contributed by atoms with Gasteiger partial charge in [-0.2, -0.15) is 5.10 Å². The molecule has 1 aliphatic rings. The lowest BCUT2D eigenvalue weighted by Gasteiger charge is -2.30. The molecule has 7 heteroatoms. The van der Waals surface area contributed by atoms with Crippen LogP contribution in [-0.4, -0.2) is 42.5 Å². The molecule has 1 heterocycles. The molecule has 1 saturated heterocycles. The predicted molar refractivity (Wildman–Crippen MR) is 109 cm³/mol. The molecule has 0 amide bonds. The van der Waals surface area contributed by atoms with E-state index in [9.17, 15) is 5.11 Å². The van der Waals surface area contributed by atoms with E-state index in [4.69, 9.17) is 11.6 Å². The second-order valence-corrected chi connectivity index (χ2v) is 8.28.